The van der Waals surface area contributed by atoms with Crippen LogP contribution in [0.3, 0.4) is 0 Å². The Morgan fingerprint density at radius 2 is 1.83 bits per heavy atom. The highest BCUT2D eigenvalue weighted by Crippen LogP contribution is 2.31. The molecule has 0 atom stereocenters. The standard InChI is InChI=1S/C18H14ClNO4/c1-23-18(22)24-15-9-5-8-13-10-14(17(19)21)20(16(13)15)11-12-6-3-2-4-7-12/h2-10H,11H2,1H3. The fourth-order valence-electron chi connectivity index (χ4n) is 2.60. The largest absolute Gasteiger partial charge is 0.513 e. The van der Waals surface area contributed by atoms with Crippen LogP contribution in [0.1, 0.15) is 16.1 Å². The number of nitrogens with zero attached hydrogens (tertiary/aromatic N) is 1. The van der Waals surface area contributed by atoms with Gasteiger partial charge in [-0.1, -0.05) is 42.5 Å². The molecular weight excluding hydrogens is 330 g/mol. The third-order valence-corrected chi connectivity index (χ3v) is 3.82. The first-order valence-corrected chi connectivity index (χ1v) is 7.59. The number of aromatic nitrogens is 1. The lowest BCUT2D eigenvalue weighted by Crippen LogP contribution is -2.10. The summed E-state index contributed by atoms with van der Waals surface area (Å²) in [6.07, 6.45) is -0.825. The highest BCUT2D eigenvalue weighted by Gasteiger charge is 2.19. The molecule has 0 spiro atoms. The van der Waals surface area contributed by atoms with Crippen LogP contribution >= 0.6 is 11.6 Å². The van der Waals surface area contributed by atoms with Crippen molar-refractivity contribution in [1.29, 1.82) is 0 Å². The number of hydrogen-bond acceptors (Lipinski definition) is 4. The van der Waals surface area contributed by atoms with Crippen molar-refractivity contribution in [3.8, 4) is 5.75 Å². The molecule has 0 unspecified atom stereocenters. The van der Waals surface area contributed by atoms with Gasteiger partial charge in [0.1, 0.15) is 5.69 Å². The number of methoxy groups -OCH3 is 1. The van der Waals surface area contributed by atoms with E-state index >= 15 is 0 Å². The first kappa shape index (κ1) is 16.1. The molecule has 24 heavy (non-hydrogen) atoms. The number of para-hydroxylation sites is 1. The molecule has 0 radical (unpaired) electrons. The van der Waals surface area contributed by atoms with Gasteiger partial charge < -0.3 is 14.0 Å². The summed E-state index contributed by atoms with van der Waals surface area (Å²) in [5, 5.41) is 0.169. The predicted octanol–water partition coefficient (Wildman–Crippen LogP) is 4.21. The van der Waals surface area contributed by atoms with Crippen LogP contribution in [-0.2, 0) is 11.3 Å². The van der Waals surface area contributed by atoms with Crippen molar-refractivity contribution in [3.05, 3.63) is 65.9 Å². The molecule has 0 saturated heterocycles. The normalized spacial score (nSPS) is 10.6. The SMILES string of the molecule is COC(=O)Oc1cccc2cc(C(=O)Cl)n(Cc3ccccc3)c12. The Labute approximate surface area is 143 Å². The Hall–Kier alpha value is -2.79. The summed E-state index contributed by atoms with van der Waals surface area (Å²) in [7, 11) is 1.24. The van der Waals surface area contributed by atoms with Gasteiger partial charge in [0.15, 0.2) is 5.75 Å². The molecular formula is C18H14ClNO4. The van der Waals surface area contributed by atoms with Gasteiger partial charge >= 0.3 is 6.16 Å². The van der Waals surface area contributed by atoms with E-state index in [4.69, 9.17) is 16.3 Å². The molecule has 5 nitrogen and oxygen atoms in total. The smallest absolute Gasteiger partial charge is 0.437 e. The number of ether oxygens (including phenoxy) is 2. The maximum Gasteiger partial charge on any atom is 0.513 e. The minimum absolute atomic E-state index is 0.305. The van der Waals surface area contributed by atoms with Crippen molar-refractivity contribution < 1.29 is 19.1 Å². The molecule has 6 heteroatoms. The first-order valence-electron chi connectivity index (χ1n) is 7.22. The van der Waals surface area contributed by atoms with Gasteiger partial charge in [-0.3, -0.25) is 4.79 Å². The van der Waals surface area contributed by atoms with Crippen molar-refractivity contribution in [3.63, 3.8) is 0 Å². The topological polar surface area (TPSA) is 57.5 Å². The predicted molar refractivity (Wildman–Crippen MR) is 90.7 cm³/mol. The second kappa shape index (κ2) is 6.76. The summed E-state index contributed by atoms with van der Waals surface area (Å²) in [6.45, 7) is 0.416. The zero-order valence-corrected chi connectivity index (χ0v) is 13.6. The lowest BCUT2D eigenvalue weighted by molar-refractivity contribution is 0.107. The highest BCUT2D eigenvalue weighted by atomic mass is 35.5. The molecule has 122 valence electrons. The summed E-state index contributed by atoms with van der Waals surface area (Å²) in [5.74, 6) is 0.305. The molecule has 0 aliphatic carbocycles. The molecule has 3 rings (SSSR count). The molecule has 1 heterocycles. The van der Waals surface area contributed by atoms with Crippen LogP contribution < -0.4 is 4.74 Å². The van der Waals surface area contributed by atoms with Crippen molar-refractivity contribution >= 4 is 33.9 Å². The van der Waals surface area contributed by atoms with Gasteiger partial charge in [-0.05, 0) is 29.3 Å². The number of rotatable bonds is 4. The molecule has 1 aromatic heterocycles. The van der Waals surface area contributed by atoms with Crippen LogP contribution in [0, 0.1) is 0 Å². The van der Waals surface area contributed by atoms with Crippen LogP contribution in [0.4, 0.5) is 4.79 Å². The molecule has 0 saturated carbocycles. The number of benzene rings is 2. The monoisotopic (exact) mass is 343 g/mol. The molecule has 0 aliphatic heterocycles. The van der Waals surface area contributed by atoms with Crippen LogP contribution in [0.2, 0.25) is 0 Å². The number of halogens is 1. The number of carbonyl (C=O) groups is 2. The molecule has 2 aromatic carbocycles. The minimum atomic E-state index is -0.825. The second-order valence-corrected chi connectivity index (χ2v) is 5.47. The van der Waals surface area contributed by atoms with Gasteiger partial charge in [-0.25, -0.2) is 4.79 Å². The van der Waals surface area contributed by atoms with Gasteiger partial charge in [-0.15, -0.1) is 0 Å². The minimum Gasteiger partial charge on any atom is -0.437 e. The number of hydrogen-bond donors (Lipinski definition) is 0. The van der Waals surface area contributed by atoms with E-state index in [-0.39, 0.29) is 0 Å². The van der Waals surface area contributed by atoms with E-state index < -0.39 is 11.4 Å². The molecule has 0 aliphatic rings. The van der Waals surface area contributed by atoms with E-state index in [0.29, 0.717) is 23.5 Å². The highest BCUT2D eigenvalue weighted by molar-refractivity contribution is 6.67. The van der Waals surface area contributed by atoms with E-state index in [1.54, 1.807) is 22.8 Å². The van der Waals surface area contributed by atoms with Gasteiger partial charge in [0.2, 0.25) is 0 Å². The maximum absolute atomic E-state index is 11.8. The van der Waals surface area contributed by atoms with Gasteiger partial charge in [-0.2, -0.15) is 0 Å². The van der Waals surface area contributed by atoms with Crippen LogP contribution in [-0.4, -0.2) is 23.1 Å². The summed E-state index contributed by atoms with van der Waals surface area (Å²) >= 11 is 5.74. The third kappa shape index (κ3) is 3.12. The van der Waals surface area contributed by atoms with Crippen LogP contribution in [0.5, 0.6) is 5.75 Å². The Balaban J connectivity index is 2.17. The average molecular weight is 344 g/mol. The van der Waals surface area contributed by atoms with Gasteiger partial charge in [0.05, 0.1) is 12.6 Å². The fraction of sp³-hybridized carbons (Fsp3) is 0.111. The average Bonchev–Trinajstić information content (AvgIpc) is 2.95. The van der Waals surface area contributed by atoms with Crippen molar-refractivity contribution in [1.82, 2.24) is 4.57 Å². The van der Waals surface area contributed by atoms with E-state index in [2.05, 4.69) is 4.74 Å². The van der Waals surface area contributed by atoms with Gasteiger partial charge in [0, 0.05) is 11.9 Å². The Bertz CT molecular complexity index is 902. The van der Waals surface area contributed by atoms with E-state index in [1.807, 2.05) is 36.4 Å². The number of fused-ring (bicyclic) bond motifs is 1. The van der Waals surface area contributed by atoms with Crippen LogP contribution in [0.15, 0.2) is 54.6 Å². The van der Waals surface area contributed by atoms with E-state index in [0.717, 1.165) is 10.9 Å². The molecule has 0 fully saturated rings. The first-order chi connectivity index (χ1) is 11.6. The molecule has 3 aromatic rings. The van der Waals surface area contributed by atoms with Crippen molar-refractivity contribution in [2.45, 2.75) is 6.54 Å². The van der Waals surface area contributed by atoms with Crippen molar-refractivity contribution in [2.75, 3.05) is 7.11 Å². The van der Waals surface area contributed by atoms with Crippen LogP contribution in [0.25, 0.3) is 10.9 Å². The Morgan fingerprint density at radius 3 is 2.50 bits per heavy atom. The molecule has 0 N–H and O–H groups in total. The van der Waals surface area contributed by atoms with Crippen molar-refractivity contribution in [2.24, 2.45) is 0 Å². The zero-order chi connectivity index (χ0) is 17.1. The summed E-state index contributed by atoms with van der Waals surface area (Å²) in [4.78, 5) is 23.3. The molecule has 0 amide bonds. The lowest BCUT2D eigenvalue weighted by Gasteiger charge is -2.11. The summed E-state index contributed by atoms with van der Waals surface area (Å²) in [5.41, 5.74) is 1.93. The Kier molecular flexibility index (Phi) is 4.53. The second-order valence-electron chi connectivity index (χ2n) is 5.13. The quantitative estimate of drug-likeness (QED) is 0.404. The van der Waals surface area contributed by atoms with Gasteiger partial charge in [0.25, 0.3) is 5.24 Å². The third-order valence-electron chi connectivity index (χ3n) is 3.63. The lowest BCUT2D eigenvalue weighted by atomic mass is 10.2. The van der Waals surface area contributed by atoms with E-state index in [1.165, 1.54) is 7.11 Å². The maximum atomic E-state index is 11.8. The molecule has 0 bridgehead atoms. The van der Waals surface area contributed by atoms with E-state index in [9.17, 15) is 9.59 Å². The summed E-state index contributed by atoms with van der Waals surface area (Å²) in [6, 6.07) is 16.5. The zero-order valence-electron chi connectivity index (χ0n) is 12.9. The number of carbonyl (C=O) groups excluding carboxylic acids is 2. The summed E-state index contributed by atoms with van der Waals surface area (Å²) < 4.78 is 11.5. The fourth-order valence-corrected chi connectivity index (χ4v) is 2.75. The Morgan fingerprint density at radius 1 is 1.08 bits per heavy atom.